The fourth-order valence-corrected chi connectivity index (χ4v) is 3.31. The van der Waals surface area contributed by atoms with Gasteiger partial charge in [-0.05, 0) is 22.9 Å². The van der Waals surface area contributed by atoms with Crippen LogP contribution in [0, 0.1) is 0 Å². The Hall–Kier alpha value is -2.47. The maximum Gasteiger partial charge on any atom is 0.211 e. The lowest BCUT2D eigenvalue weighted by molar-refractivity contribution is 0.596. The molecule has 0 atom stereocenters. The van der Waals surface area contributed by atoms with E-state index in [0.717, 1.165) is 10.8 Å². The molecule has 0 bridgehead atoms. The standard InChI is InChI=1S/C14H11N3O2S/c15-14-13(8-16-9-17-14)20(18,19)12-6-5-10-3-1-2-4-11(10)7-12/h1-9H,(H2,15,16,17). The van der Waals surface area contributed by atoms with Gasteiger partial charge in [0.25, 0.3) is 0 Å². The molecule has 1 heterocycles. The van der Waals surface area contributed by atoms with E-state index in [1.165, 1.54) is 12.5 Å². The summed E-state index contributed by atoms with van der Waals surface area (Å²) >= 11 is 0. The van der Waals surface area contributed by atoms with Crippen LogP contribution in [0.3, 0.4) is 0 Å². The molecule has 100 valence electrons. The molecule has 0 aliphatic rings. The number of anilines is 1. The summed E-state index contributed by atoms with van der Waals surface area (Å²) in [6, 6.07) is 12.5. The van der Waals surface area contributed by atoms with Gasteiger partial charge in [0.05, 0.1) is 11.1 Å². The predicted octanol–water partition coefficient (Wildman–Crippen LogP) is 2.04. The van der Waals surface area contributed by atoms with Crippen LogP contribution in [0.25, 0.3) is 10.8 Å². The first-order valence-electron chi connectivity index (χ1n) is 5.88. The maximum absolute atomic E-state index is 12.5. The molecule has 6 heteroatoms. The van der Waals surface area contributed by atoms with Gasteiger partial charge < -0.3 is 5.73 Å². The molecule has 3 aromatic rings. The number of rotatable bonds is 2. The van der Waals surface area contributed by atoms with Crippen LogP contribution in [-0.2, 0) is 9.84 Å². The highest BCUT2D eigenvalue weighted by Gasteiger charge is 2.21. The van der Waals surface area contributed by atoms with E-state index in [4.69, 9.17) is 5.73 Å². The van der Waals surface area contributed by atoms with Gasteiger partial charge in [-0.25, -0.2) is 18.4 Å². The lowest BCUT2D eigenvalue weighted by atomic mass is 10.1. The van der Waals surface area contributed by atoms with Crippen LogP contribution in [-0.4, -0.2) is 18.4 Å². The summed E-state index contributed by atoms with van der Waals surface area (Å²) in [5.74, 6) is -0.0480. The topological polar surface area (TPSA) is 85.9 Å². The van der Waals surface area contributed by atoms with E-state index >= 15 is 0 Å². The first-order chi connectivity index (χ1) is 9.59. The van der Waals surface area contributed by atoms with E-state index in [0.29, 0.717) is 0 Å². The van der Waals surface area contributed by atoms with Crippen molar-refractivity contribution in [3.05, 3.63) is 55.0 Å². The van der Waals surface area contributed by atoms with Crippen LogP contribution in [0.1, 0.15) is 0 Å². The average Bonchev–Trinajstić information content (AvgIpc) is 2.47. The minimum atomic E-state index is -3.71. The van der Waals surface area contributed by atoms with Crippen LogP contribution >= 0.6 is 0 Å². The quantitative estimate of drug-likeness (QED) is 0.778. The Kier molecular flexibility index (Phi) is 2.87. The summed E-state index contributed by atoms with van der Waals surface area (Å²) < 4.78 is 25.1. The summed E-state index contributed by atoms with van der Waals surface area (Å²) in [5, 5.41) is 1.83. The first kappa shape index (κ1) is 12.6. The lowest BCUT2D eigenvalue weighted by Gasteiger charge is -2.07. The summed E-state index contributed by atoms with van der Waals surface area (Å²) in [5.41, 5.74) is 5.63. The molecule has 0 fully saturated rings. The molecule has 0 saturated heterocycles. The number of aromatic nitrogens is 2. The predicted molar refractivity (Wildman–Crippen MR) is 75.8 cm³/mol. The van der Waals surface area contributed by atoms with Gasteiger partial charge in [0.2, 0.25) is 9.84 Å². The highest BCUT2D eigenvalue weighted by molar-refractivity contribution is 7.91. The fraction of sp³-hybridized carbons (Fsp3) is 0. The van der Waals surface area contributed by atoms with Crippen molar-refractivity contribution >= 4 is 26.4 Å². The smallest absolute Gasteiger partial charge is 0.211 e. The Balaban J connectivity index is 2.22. The largest absolute Gasteiger partial charge is 0.383 e. The van der Waals surface area contributed by atoms with Crippen LogP contribution in [0.5, 0.6) is 0 Å². The number of hydrogen-bond acceptors (Lipinski definition) is 5. The van der Waals surface area contributed by atoms with Gasteiger partial charge in [-0.15, -0.1) is 0 Å². The zero-order valence-electron chi connectivity index (χ0n) is 10.4. The zero-order valence-corrected chi connectivity index (χ0v) is 11.2. The molecule has 0 amide bonds. The molecule has 3 rings (SSSR count). The number of benzene rings is 2. The van der Waals surface area contributed by atoms with Gasteiger partial charge in [0.1, 0.15) is 17.0 Å². The van der Waals surface area contributed by atoms with E-state index in [9.17, 15) is 8.42 Å². The van der Waals surface area contributed by atoms with Crippen molar-refractivity contribution in [2.45, 2.75) is 9.79 Å². The third-order valence-electron chi connectivity index (χ3n) is 3.03. The monoisotopic (exact) mass is 285 g/mol. The minimum Gasteiger partial charge on any atom is -0.383 e. The Morgan fingerprint density at radius 3 is 2.50 bits per heavy atom. The third-order valence-corrected chi connectivity index (χ3v) is 4.80. The zero-order chi connectivity index (χ0) is 14.2. The molecule has 2 N–H and O–H groups in total. The third kappa shape index (κ3) is 2.00. The summed E-state index contributed by atoms with van der Waals surface area (Å²) in [7, 11) is -3.71. The second-order valence-corrected chi connectivity index (χ2v) is 6.20. The van der Waals surface area contributed by atoms with Crippen molar-refractivity contribution in [1.82, 2.24) is 9.97 Å². The number of nitrogens with two attached hydrogens (primary N) is 1. The minimum absolute atomic E-state index is 0.0480. The van der Waals surface area contributed by atoms with E-state index in [-0.39, 0.29) is 15.6 Å². The van der Waals surface area contributed by atoms with Crippen molar-refractivity contribution in [1.29, 1.82) is 0 Å². The van der Waals surface area contributed by atoms with E-state index in [2.05, 4.69) is 9.97 Å². The van der Waals surface area contributed by atoms with Gasteiger partial charge in [-0.1, -0.05) is 30.3 Å². The number of hydrogen-bond donors (Lipinski definition) is 1. The average molecular weight is 285 g/mol. The number of nitrogens with zero attached hydrogens (tertiary/aromatic N) is 2. The van der Waals surface area contributed by atoms with Gasteiger partial charge in [-0.2, -0.15) is 0 Å². The van der Waals surface area contributed by atoms with Gasteiger partial charge in [-0.3, -0.25) is 0 Å². The molecule has 0 saturated carbocycles. The Morgan fingerprint density at radius 1 is 1.00 bits per heavy atom. The molecular weight excluding hydrogens is 274 g/mol. The van der Waals surface area contributed by atoms with Crippen molar-refractivity contribution in [3.8, 4) is 0 Å². The lowest BCUT2D eigenvalue weighted by Crippen LogP contribution is -2.07. The van der Waals surface area contributed by atoms with Gasteiger partial charge in [0.15, 0.2) is 0 Å². The van der Waals surface area contributed by atoms with Crippen LogP contribution < -0.4 is 5.73 Å². The summed E-state index contributed by atoms with van der Waals surface area (Å²) in [6.07, 6.45) is 2.43. The fourth-order valence-electron chi connectivity index (χ4n) is 1.99. The molecule has 0 aliphatic heterocycles. The van der Waals surface area contributed by atoms with E-state index in [1.807, 2.05) is 24.3 Å². The molecule has 20 heavy (non-hydrogen) atoms. The highest BCUT2D eigenvalue weighted by atomic mass is 32.2. The molecule has 0 aliphatic carbocycles. The molecule has 1 aromatic heterocycles. The number of fused-ring (bicyclic) bond motifs is 1. The molecular formula is C14H11N3O2S. The van der Waals surface area contributed by atoms with Gasteiger partial charge >= 0.3 is 0 Å². The molecule has 0 unspecified atom stereocenters. The second kappa shape index (κ2) is 4.57. The molecule has 2 aromatic carbocycles. The number of sulfone groups is 1. The maximum atomic E-state index is 12.5. The SMILES string of the molecule is Nc1ncncc1S(=O)(=O)c1ccc2ccccc2c1. The van der Waals surface area contributed by atoms with E-state index < -0.39 is 9.84 Å². The second-order valence-electron chi connectivity index (χ2n) is 4.28. The van der Waals surface area contributed by atoms with Gasteiger partial charge in [0, 0.05) is 0 Å². The normalized spacial score (nSPS) is 11.6. The Bertz CT molecular complexity index is 892. The molecule has 0 spiro atoms. The Labute approximate surface area is 116 Å². The molecule has 5 nitrogen and oxygen atoms in total. The van der Waals surface area contributed by atoms with Crippen molar-refractivity contribution < 1.29 is 8.42 Å². The van der Waals surface area contributed by atoms with E-state index in [1.54, 1.807) is 18.2 Å². The van der Waals surface area contributed by atoms with Crippen LogP contribution in [0.15, 0.2) is 64.8 Å². The van der Waals surface area contributed by atoms with Crippen molar-refractivity contribution in [2.24, 2.45) is 0 Å². The van der Waals surface area contributed by atoms with Crippen molar-refractivity contribution in [2.75, 3.05) is 5.73 Å². The molecule has 0 radical (unpaired) electrons. The Morgan fingerprint density at radius 2 is 1.75 bits per heavy atom. The summed E-state index contributed by atoms with van der Waals surface area (Å²) in [4.78, 5) is 7.55. The highest BCUT2D eigenvalue weighted by Crippen LogP contribution is 2.26. The first-order valence-corrected chi connectivity index (χ1v) is 7.37. The summed E-state index contributed by atoms with van der Waals surface area (Å²) in [6.45, 7) is 0. The van der Waals surface area contributed by atoms with Crippen molar-refractivity contribution in [3.63, 3.8) is 0 Å². The van der Waals surface area contributed by atoms with Crippen LogP contribution in [0.4, 0.5) is 5.82 Å². The van der Waals surface area contributed by atoms with Crippen LogP contribution in [0.2, 0.25) is 0 Å². The number of nitrogen functional groups attached to an aromatic ring is 1.